The van der Waals surface area contributed by atoms with Crippen molar-refractivity contribution in [3.05, 3.63) is 35.9 Å². The summed E-state index contributed by atoms with van der Waals surface area (Å²) in [5.74, 6) is 0.433. The summed E-state index contributed by atoms with van der Waals surface area (Å²) in [4.78, 5) is 0. The summed E-state index contributed by atoms with van der Waals surface area (Å²) in [7, 11) is 0. The first kappa shape index (κ1) is 14.2. The molecular formula is C16H26O. The van der Waals surface area contributed by atoms with E-state index in [0.717, 1.165) is 6.61 Å². The molecule has 0 saturated carbocycles. The molecule has 0 saturated heterocycles. The molecule has 1 nitrogen and oxygen atoms in total. The fourth-order valence-corrected chi connectivity index (χ4v) is 1.86. The van der Waals surface area contributed by atoms with E-state index >= 15 is 0 Å². The highest BCUT2D eigenvalue weighted by Gasteiger charge is 2.27. The van der Waals surface area contributed by atoms with Crippen molar-refractivity contribution >= 4 is 0 Å². The Morgan fingerprint density at radius 2 is 1.47 bits per heavy atom. The minimum atomic E-state index is -0.0712. The molecule has 1 heteroatoms. The minimum absolute atomic E-state index is 0.0712. The highest BCUT2D eigenvalue weighted by atomic mass is 16.5. The maximum Gasteiger partial charge on any atom is 0.0598 e. The topological polar surface area (TPSA) is 9.23 Å². The second-order valence-electron chi connectivity index (χ2n) is 6.75. The van der Waals surface area contributed by atoms with Crippen LogP contribution in [0.2, 0.25) is 0 Å². The molecule has 0 aliphatic rings. The summed E-state index contributed by atoms with van der Waals surface area (Å²) >= 11 is 0. The lowest BCUT2D eigenvalue weighted by Crippen LogP contribution is -2.28. The minimum Gasteiger partial charge on any atom is -0.375 e. The van der Waals surface area contributed by atoms with Crippen molar-refractivity contribution in [1.29, 1.82) is 0 Å². The van der Waals surface area contributed by atoms with Gasteiger partial charge >= 0.3 is 0 Å². The molecule has 0 fully saturated rings. The lowest BCUT2D eigenvalue weighted by Gasteiger charge is -2.33. The highest BCUT2D eigenvalue weighted by molar-refractivity contribution is 5.21. The average molecular weight is 234 g/mol. The van der Waals surface area contributed by atoms with Gasteiger partial charge < -0.3 is 4.74 Å². The second kappa shape index (κ2) is 5.22. The molecule has 96 valence electrons. The molecule has 0 aliphatic carbocycles. The van der Waals surface area contributed by atoms with E-state index in [2.05, 4.69) is 71.9 Å². The van der Waals surface area contributed by atoms with Crippen LogP contribution in [0.15, 0.2) is 30.3 Å². The summed E-state index contributed by atoms with van der Waals surface area (Å²) in [6.07, 6.45) is 0. The quantitative estimate of drug-likeness (QED) is 0.741. The molecule has 1 aromatic carbocycles. The van der Waals surface area contributed by atoms with Crippen LogP contribution in [0, 0.1) is 5.41 Å². The molecule has 0 aromatic heterocycles. The molecule has 1 aromatic rings. The normalized spacial score (nSPS) is 14.7. The van der Waals surface area contributed by atoms with Crippen LogP contribution in [-0.2, 0) is 4.74 Å². The van der Waals surface area contributed by atoms with Crippen LogP contribution in [0.25, 0.3) is 0 Å². The van der Waals surface area contributed by atoms with Gasteiger partial charge in [-0.15, -0.1) is 0 Å². The number of rotatable bonds is 3. The second-order valence-corrected chi connectivity index (χ2v) is 6.75. The van der Waals surface area contributed by atoms with Gasteiger partial charge in [0.15, 0.2) is 0 Å². The number of hydrogen-bond donors (Lipinski definition) is 0. The summed E-state index contributed by atoms with van der Waals surface area (Å²) < 4.78 is 5.97. The van der Waals surface area contributed by atoms with E-state index in [0.29, 0.717) is 5.92 Å². The van der Waals surface area contributed by atoms with Gasteiger partial charge in [-0.3, -0.25) is 0 Å². The molecule has 0 N–H and O–H groups in total. The van der Waals surface area contributed by atoms with Crippen LogP contribution >= 0.6 is 0 Å². The molecule has 1 atom stereocenters. The van der Waals surface area contributed by atoms with E-state index in [1.807, 2.05) is 0 Å². The van der Waals surface area contributed by atoms with Crippen molar-refractivity contribution < 1.29 is 4.74 Å². The molecule has 0 unspecified atom stereocenters. The Bertz CT molecular complexity index is 327. The molecule has 0 bridgehead atoms. The van der Waals surface area contributed by atoms with Gasteiger partial charge in [0.2, 0.25) is 0 Å². The van der Waals surface area contributed by atoms with Crippen LogP contribution in [0.5, 0.6) is 0 Å². The van der Waals surface area contributed by atoms with E-state index in [1.54, 1.807) is 0 Å². The van der Waals surface area contributed by atoms with Gasteiger partial charge in [-0.2, -0.15) is 0 Å². The predicted octanol–water partition coefficient (Wildman–Crippen LogP) is 4.63. The first-order chi connectivity index (χ1) is 7.70. The molecule has 17 heavy (non-hydrogen) atoms. The Morgan fingerprint density at radius 1 is 0.941 bits per heavy atom. The van der Waals surface area contributed by atoms with Gasteiger partial charge in [-0.1, -0.05) is 51.1 Å². The van der Waals surface area contributed by atoms with E-state index in [9.17, 15) is 0 Å². The summed E-state index contributed by atoms with van der Waals surface area (Å²) in [6, 6.07) is 10.7. The van der Waals surface area contributed by atoms with Crippen LogP contribution in [0.1, 0.15) is 53.0 Å². The third-order valence-electron chi connectivity index (χ3n) is 2.93. The Kier molecular flexibility index (Phi) is 4.37. The third kappa shape index (κ3) is 4.91. The first-order valence-corrected chi connectivity index (χ1v) is 6.39. The molecule has 0 amide bonds. The van der Waals surface area contributed by atoms with Gasteiger partial charge in [0.1, 0.15) is 0 Å². The Morgan fingerprint density at radius 3 is 1.88 bits per heavy atom. The summed E-state index contributed by atoms with van der Waals surface area (Å²) in [5.41, 5.74) is 1.51. The van der Waals surface area contributed by atoms with Gasteiger partial charge in [0.25, 0.3) is 0 Å². The highest BCUT2D eigenvalue weighted by Crippen LogP contribution is 2.35. The van der Waals surface area contributed by atoms with E-state index < -0.39 is 0 Å². The Balaban J connectivity index is 2.83. The molecule has 0 spiro atoms. The third-order valence-corrected chi connectivity index (χ3v) is 2.93. The van der Waals surface area contributed by atoms with Gasteiger partial charge in [-0.25, -0.2) is 0 Å². The van der Waals surface area contributed by atoms with E-state index in [-0.39, 0.29) is 11.0 Å². The van der Waals surface area contributed by atoms with Crippen molar-refractivity contribution in [3.63, 3.8) is 0 Å². The van der Waals surface area contributed by atoms with Crippen LogP contribution in [0.3, 0.4) is 0 Å². The zero-order chi connectivity index (χ0) is 13.1. The van der Waals surface area contributed by atoms with Gasteiger partial charge in [0.05, 0.1) is 12.2 Å². The Labute approximate surface area is 106 Å². The van der Waals surface area contributed by atoms with Crippen molar-refractivity contribution in [1.82, 2.24) is 0 Å². The number of ether oxygens (including phenoxy) is 1. The monoisotopic (exact) mass is 234 g/mol. The van der Waals surface area contributed by atoms with E-state index in [4.69, 9.17) is 4.74 Å². The largest absolute Gasteiger partial charge is 0.375 e. The van der Waals surface area contributed by atoms with Crippen molar-refractivity contribution in [2.75, 3.05) is 6.61 Å². The summed E-state index contributed by atoms with van der Waals surface area (Å²) in [5, 5.41) is 0. The zero-order valence-corrected chi connectivity index (χ0v) is 12.1. The zero-order valence-electron chi connectivity index (χ0n) is 12.1. The maximum absolute atomic E-state index is 5.97. The molecule has 0 aliphatic heterocycles. The molecular weight excluding hydrogens is 208 g/mol. The smallest absolute Gasteiger partial charge is 0.0598 e. The van der Waals surface area contributed by atoms with Crippen LogP contribution < -0.4 is 0 Å². The number of benzene rings is 1. The lowest BCUT2D eigenvalue weighted by atomic mass is 9.77. The van der Waals surface area contributed by atoms with Crippen LogP contribution in [-0.4, -0.2) is 12.2 Å². The molecule has 1 rings (SSSR count). The lowest BCUT2D eigenvalue weighted by molar-refractivity contribution is -0.0241. The van der Waals surface area contributed by atoms with Crippen molar-refractivity contribution in [3.8, 4) is 0 Å². The standard InChI is InChI=1S/C16H26O/c1-15(2,3)14(12-17-16(4,5)6)13-10-8-7-9-11-13/h7-11,14H,12H2,1-6H3/t14-/m0/s1. The van der Waals surface area contributed by atoms with Gasteiger partial charge in [-0.05, 0) is 31.7 Å². The predicted molar refractivity (Wildman–Crippen MR) is 74.3 cm³/mol. The fraction of sp³-hybridized carbons (Fsp3) is 0.625. The average Bonchev–Trinajstić information content (AvgIpc) is 2.15. The van der Waals surface area contributed by atoms with Crippen molar-refractivity contribution in [2.45, 2.75) is 53.1 Å². The molecule has 0 radical (unpaired) electrons. The van der Waals surface area contributed by atoms with Gasteiger partial charge in [0, 0.05) is 5.92 Å². The van der Waals surface area contributed by atoms with Crippen molar-refractivity contribution in [2.24, 2.45) is 5.41 Å². The maximum atomic E-state index is 5.97. The van der Waals surface area contributed by atoms with E-state index in [1.165, 1.54) is 5.56 Å². The number of hydrogen-bond acceptors (Lipinski definition) is 1. The molecule has 0 heterocycles. The fourth-order valence-electron chi connectivity index (χ4n) is 1.86. The first-order valence-electron chi connectivity index (χ1n) is 6.39. The van der Waals surface area contributed by atoms with Crippen LogP contribution in [0.4, 0.5) is 0 Å². The SMILES string of the molecule is CC(C)(C)OC[C@@H](c1ccccc1)C(C)(C)C. The summed E-state index contributed by atoms with van der Waals surface area (Å²) in [6.45, 7) is 13.9. The Hall–Kier alpha value is -0.820.